The molecule has 0 aromatic heterocycles. The van der Waals surface area contributed by atoms with Crippen LogP contribution in [0.2, 0.25) is 0 Å². The van der Waals surface area contributed by atoms with Gasteiger partial charge < -0.3 is 0 Å². The summed E-state index contributed by atoms with van der Waals surface area (Å²) in [6, 6.07) is 0. The molecule has 0 radical (unpaired) electrons. The van der Waals surface area contributed by atoms with Gasteiger partial charge in [-0.25, -0.2) is 0 Å². The lowest BCUT2D eigenvalue weighted by Crippen LogP contribution is -1.69. The molecule has 0 aliphatic heterocycles. The molecule has 0 spiro atoms. The average Bonchev–Trinajstić information content (AvgIpc) is 1.89. The Kier molecular flexibility index (Phi) is 7.17. The molecule has 0 saturated heterocycles. The molecule has 0 aliphatic rings. The third-order valence-corrected chi connectivity index (χ3v) is 1.63. The summed E-state index contributed by atoms with van der Waals surface area (Å²) in [7, 11) is 0.899. The van der Waals surface area contributed by atoms with Crippen molar-refractivity contribution in [1.29, 1.82) is 0 Å². The van der Waals surface area contributed by atoms with E-state index in [1.165, 1.54) is 0 Å². The van der Waals surface area contributed by atoms with Crippen LogP contribution < -0.4 is 0 Å². The summed E-state index contributed by atoms with van der Waals surface area (Å²) in [4.78, 5) is 0. The topological polar surface area (TPSA) is 0 Å². The molecule has 48 valence electrons. The summed E-state index contributed by atoms with van der Waals surface area (Å²) in [5.41, 5.74) is 0. The van der Waals surface area contributed by atoms with Gasteiger partial charge in [0.15, 0.2) is 0 Å². The lowest BCUT2D eigenvalue weighted by atomic mass is 10.7. The van der Waals surface area contributed by atoms with E-state index in [9.17, 15) is 0 Å². The Balaban J connectivity index is 3.04. The molecule has 9 heavy (non-hydrogen) atoms. The van der Waals surface area contributed by atoms with Gasteiger partial charge in [0.2, 0.25) is 0 Å². The van der Waals surface area contributed by atoms with Crippen LogP contribution in [0.1, 0.15) is 13.8 Å². The van der Waals surface area contributed by atoms with Gasteiger partial charge in [0.1, 0.15) is 0 Å². The first-order chi connectivity index (χ1) is 4.41. The van der Waals surface area contributed by atoms with Crippen molar-refractivity contribution in [2.75, 3.05) is 12.3 Å². The molecule has 0 aliphatic carbocycles. The maximum Gasteiger partial charge on any atom is 0.0271 e. The van der Waals surface area contributed by atoms with Gasteiger partial charge in [-0.05, 0) is 13.8 Å². The minimum Gasteiger partial charge on any atom is -0.106 e. The zero-order valence-corrected chi connectivity index (χ0v) is 6.91. The van der Waals surface area contributed by atoms with Crippen LogP contribution in [0, 0.1) is 23.7 Å². The van der Waals surface area contributed by atoms with Crippen LogP contribution in [0.15, 0.2) is 0 Å². The molecule has 0 aromatic carbocycles. The van der Waals surface area contributed by atoms with Gasteiger partial charge >= 0.3 is 0 Å². The largest absolute Gasteiger partial charge is 0.106 e. The highest BCUT2D eigenvalue weighted by Gasteiger charge is 1.75. The minimum absolute atomic E-state index is 0.899. The molecule has 0 bridgehead atoms. The molecule has 0 atom stereocenters. The zero-order chi connectivity index (χ0) is 6.95. The van der Waals surface area contributed by atoms with E-state index in [2.05, 4.69) is 23.7 Å². The molecular formula is C8H11P. The predicted molar refractivity (Wildman–Crippen MR) is 44.9 cm³/mol. The van der Waals surface area contributed by atoms with E-state index in [4.69, 9.17) is 0 Å². The highest BCUT2D eigenvalue weighted by Crippen LogP contribution is 2.04. The molecule has 0 fully saturated rings. The standard InChI is InChI=1S/C8H11P/c1-3-5-7-9-8-6-4-2/h9H,7-8H2,1-2H3. The Morgan fingerprint density at radius 1 is 1.00 bits per heavy atom. The summed E-state index contributed by atoms with van der Waals surface area (Å²) in [6.07, 6.45) is 2.04. The molecule has 0 heterocycles. The summed E-state index contributed by atoms with van der Waals surface area (Å²) in [5, 5.41) is 0. The number of hydrogen-bond acceptors (Lipinski definition) is 0. The minimum atomic E-state index is 0.899. The fourth-order valence-electron chi connectivity index (χ4n) is 0.364. The smallest absolute Gasteiger partial charge is 0.0271 e. The van der Waals surface area contributed by atoms with Gasteiger partial charge in [-0.15, -0.1) is 11.8 Å². The van der Waals surface area contributed by atoms with E-state index in [-0.39, 0.29) is 0 Å². The number of hydrogen-bond donors (Lipinski definition) is 0. The summed E-state index contributed by atoms with van der Waals surface area (Å²) < 4.78 is 0. The first kappa shape index (κ1) is 8.55. The van der Waals surface area contributed by atoms with Crippen molar-refractivity contribution in [2.45, 2.75) is 13.8 Å². The van der Waals surface area contributed by atoms with Gasteiger partial charge in [-0.1, -0.05) is 20.4 Å². The van der Waals surface area contributed by atoms with Crippen LogP contribution in [0.4, 0.5) is 0 Å². The molecule has 0 rings (SSSR count). The van der Waals surface area contributed by atoms with Gasteiger partial charge in [0.25, 0.3) is 0 Å². The van der Waals surface area contributed by atoms with E-state index in [1.54, 1.807) is 0 Å². The predicted octanol–water partition coefficient (Wildman–Crippen LogP) is 1.71. The Morgan fingerprint density at radius 3 is 1.78 bits per heavy atom. The van der Waals surface area contributed by atoms with E-state index in [0.29, 0.717) is 0 Å². The molecule has 0 saturated carbocycles. The zero-order valence-electron chi connectivity index (χ0n) is 5.91. The first-order valence-electron chi connectivity index (χ1n) is 2.91. The van der Waals surface area contributed by atoms with Crippen LogP contribution in [0.3, 0.4) is 0 Å². The second-order valence-electron chi connectivity index (χ2n) is 1.46. The monoisotopic (exact) mass is 138 g/mol. The first-order valence-corrected chi connectivity index (χ1v) is 4.33. The van der Waals surface area contributed by atoms with Crippen molar-refractivity contribution in [2.24, 2.45) is 0 Å². The van der Waals surface area contributed by atoms with E-state index >= 15 is 0 Å². The fourth-order valence-corrected chi connectivity index (χ4v) is 1.09. The van der Waals surface area contributed by atoms with Crippen molar-refractivity contribution in [3.8, 4) is 23.7 Å². The van der Waals surface area contributed by atoms with Gasteiger partial charge in [-0.2, -0.15) is 0 Å². The van der Waals surface area contributed by atoms with Crippen molar-refractivity contribution in [3.05, 3.63) is 0 Å². The second kappa shape index (κ2) is 7.55. The van der Waals surface area contributed by atoms with Crippen LogP contribution in [-0.4, -0.2) is 12.3 Å². The molecule has 0 nitrogen and oxygen atoms in total. The van der Waals surface area contributed by atoms with Crippen LogP contribution >= 0.6 is 8.58 Å². The highest BCUT2D eigenvalue weighted by molar-refractivity contribution is 7.38. The Morgan fingerprint density at radius 2 is 1.44 bits per heavy atom. The van der Waals surface area contributed by atoms with E-state index in [1.807, 2.05) is 13.8 Å². The number of rotatable bonds is 2. The fraction of sp³-hybridized carbons (Fsp3) is 0.500. The van der Waals surface area contributed by atoms with Crippen LogP contribution in [0.5, 0.6) is 0 Å². The van der Waals surface area contributed by atoms with Crippen molar-refractivity contribution < 1.29 is 0 Å². The van der Waals surface area contributed by atoms with E-state index < -0.39 is 0 Å². The lowest BCUT2D eigenvalue weighted by Gasteiger charge is -1.82. The van der Waals surface area contributed by atoms with Crippen LogP contribution in [-0.2, 0) is 0 Å². The Bertz CT molecular complexity index is 140. The average molecular weight is 138 g/mol. The molecule has 0 unspecified atom stereocenters. The van der Waals surface area contributed by atoms with Crippen molar-refractivity contribution in [1.82, 2.24) is 0 Å². The highest BCUT2D eigenvalue weighted by atomic mass is 31.1. The normalized spacial score (nSPS) is 6.44. The summed E-state index contributed by atoms with van der Waals surface area (Å²) in [5.74, 6) is 11.7. The second-order valence-corrected chi connectivity index (χ2v) is 2.66. The van der Waals surface area contributed by atoms with Crippen molar-refractivity contribution in [3.63, 3.8) is 0 Å². The third-order valence-electron chi connectivity index (χ3n) is 0.780. The summed E-state index contributed by atoms with van der Waals surface area (Å²) in [6.45, 7) is 3.74. The molecule has 0 amide bonds. The third kappa shape index (κ3) is 7.55. The molecule has 0 N–H and O–H groups in total. The molecule has 1 heteroatoms. The maximum absolute atomic E-state index is 3.00. The van der Waals surface area contributed by atoms with Crippen molar-refractivity contribution >= 4 is 8.58 Å². The SMILES string of the molecule is CC#CCPCC#CC. The lowest BCUT2D eigenvalue weighted by molar-refractivity contribution is 1.77. The Labute approximate surface area is 59.2 Å². The van der Waals surface area contributed by atoms with Gasteiger partial charge in [0, 0.05) is 12.3 Å². The van der Waals surface area contributed by atoms with E-state index in [0.717, 1.165) is 20.9 Å². The molecule has 0 aromatic rings. The van der Waals surface area contributed by atoms with Crippen LogP contribution in [0.25, 0.3) is 0 Å². The maximum atomic E-state index is 3.00. The molecular weight excluding hydrogens is 127 g/mol. The summed E-state index contributed by atoms with van der Waals surface area (Å²) >= 11 is 0. The Hall–Kier alpha value is -0.450. The van der Waals surface area contributed by atoms with Gasteiger partial charge in [-0.3, -0.25) is 0 Å². The van der Waals surface area contributed by atoms with Gasteiger partial charge in [0.05, 0.1) is 0 Å². The quantitative estimate of drug-likeness (QED) is 0.309.